The van der Waals surface area contributed by atoms with E-state index in [4.69, 9.17) is 10.5 Å². The maximum atomic E-state index is 13.7. The van der Waals surface area contributed by atoms with Crippen molar-refractivity contribution in [2.75, 3.05) is 6.61 Å². The minimum Gasteiger partial charge on any atom is -0.483 e. The number of hydrogen-bond donors (Lipinski definition) is 1. The largest absolute Gasteiger partial charge is 0.483 e. The molecule has 1 heterocycles. The first-order valence-corrected chi connectivity index (χ1v) is 5.04. The number of halogens is 1. The highest BCUT2D eigenvalue weighted by molar-refractivity contribution is 5.88. The Morgan fingerprint density at radius 3 is 2.94 bits per heavy atom. The molecule has 2 rings (SSSR count). The van der Waals surface area contributed by atoms with Crippen LogP contribution in [0, 0.1) is 12.7 Å². The molecular weight excluding hydrogens is 223 g/mol. The summed E-state index contributed by atoms with van der Waals surface area (Å²) in [4.78, 5) is 14.7. The van der Waals surface area contributed by atoms with Crippen LogP contribution in [0.25, 0.3) is 10.9 Å². The molecule has 88 valence electrons. The van der Waals surface area contributed by atoms with Gasteiger partial charge in [0.05, 0.1) is 10.9 Å². The van der Waals surface area contributed by atoms with Crippen LogP contribution in [-0.4, -0.2) is 17.5 Å². The van der Waals surface area contributed by atoms with Crippen molar-refractivity contribution in [1.82, 2.24) is 4.98 Å². The van der Waals surface area contributed by atoms with E-state index in [1.54, 1.807) is 6.07 Å². The molecule has 0 saturated carbocycles. The number of benzene rings is 1. The number of carbonyl (C=O) groups excluding carboxylic acids is 1. The average Bonchev–Trinajstić information content (AvgIpc) is 2.31. The normalized spacial score (nSPS) is 10.5. The Balaban J connectivity index is 2.56. The summed E-state index contributed by atoms with van der Waals surface area (Å²) in [5.41, 5.74) is 6.34. The van der Waals surface area contributed by atoms with Gasteiger partial charge in [0, 0.05) is 6.20 Å². The summed E-state index contributed by atoms with van der Waals surface area (Å²) in [6.07, 6.45) is 1.51. The number of primary amides is 1. The summed E-state index contributed by atoms with van der Waals surface area (Å²) in [6.45, 7) is 1.54. The third-order valence-electron chi connectivity index (χ3n) is 2.37. The van der Waals surface area contributed by atoms with Crippen LogP contribution < -0.4 is 10.5 Å². The van der Waals surface area contributed by atoms with Crippen molar-refractivity contribution in [3.8, 4) is 5.75 Å². The molecule has 0 radical (unpaired) electrons. The van der Waals surface area contributed by atoms with Gasteiger partial charge >= 0.3 is 0 Å². The van der Waals surface area contributed by atoms with E-state index in [1.165, 1.54) is 18.3 Å². The molecular formula is C12H11FN2O2. The number of carbonyl (C=O) groups is 1. The van der Waals surface area contributed by atoms with Crippen molar-refractivity contribution in [2.24, 2.45) is 5.73 Å². The maximum absolute atomic E-state index is 13.7. The van der Waals surface area contributed by atoms with Crippen LogP contribution in [0.3, 0.4) is 0 Å². The van der Waals surface area contributed by atoms with Gasteiger partial charge < -0.3 is 10.5 Å². The van der Waals surface area contributed by atoms with E-state index >= 15 is 0 Å². The fraction of sp³-hybridized carbons (Fsp3) is 0.167. The zero-order valence-electron chi connectivity index (χ0n) is 9.24. The van der Waals surface area contributed by atoms with Crippen molar-refractivity contribution >= 4 is 16.8 Å². The van der Waals surface area contributed by atoms with E-state index in [-0.39, 0.29) is 17.7 Å². The number of nitrogens with zero attached hydrogens (tertiary/aromatic N) is 1. The Morgan fingerprint density at radius 1 is 1.47 bits per heavy atom. The summed E-state index contributed by atoms with van der Waals surface area (Å²) >= 11 is 0. The minimum absolute atomic E-state index is 0.272. The number of nitrogens with two attached hydrogens (primary N) is 1. The fourth-order valence-electron chi connectivity index (χ4n) is 1.60. The predicted molar refractivity (Wildman–Crippen MR) is 61.1 cm³/mol. The lowest BCUT2D eigenvalue weighted by molar-refractivity contribution is -0.119. The van der Waals surface area contributed by atoms with Crippen molar-refractivity contribution in [3.05, 3.63) is 35.8 Å². The van der Waals surface area contributed by atoms with Crippen molar-refractivity contribution in [2.45, 2.75) is 6.92 Å². The highest BCUT2D eigenvalue weighted by atomic mass is 19.1. The number of amides is 1. The van der Waals surface area contributed by atoms with Crippen molar-refractivity contribution < 1.29 is 13.9 Å². The van der Waals surface area contributed by atoms with E-state index < -0.39 is 11.7 Å². The molecule has 1 amide bonds. The van der Waals surface area contributed by atoms with E-state index in [9.17, 15) is 9.18 Å². The molecule has 0 bridgehead atoms. The Morgan fingerprint density at radius 2 is 2.24 bits per heavy atom. The lowest BCUT2D eigenvalue weighted by atomic mass is 10.1. The quantitative estimate of drug-likeness (QED) is 0.876. The van der Waals surface area contributed by atoms with Crippen LogP contribution >= 0.6 is 0 Å². The summed E-state index contributed by atoms with van der Waals surface area (Å²) in [6, 6.07) is 4.49. The van der Waals surface area contributed by atoms with Crippen LogP contribution in [0.2, 0.25) is 0 Å². The van der Waals surface area contributed by atoms with Gasteiger partial charge in [-0.05, 0) is 24.6 Å². The third kappa shape index (κ3) is 2.18. The number of pyridine rings is 1. The van der Waals surface area contributed by atoms with Gasteiger partial charge in [0.1, 0.15) is 11.6 Å². The topological polar surface area (TPSA) is 65.2 Å². The van der Waals surface area contributed by atoms with Crippen LogP contribution in [0.15, 0.2) is 24.4 Å². The molecule has 4 nitrogen and oxygen atoms in total. The lowest BCUT2D eigenvalue weighted by Gasteiger charge is -2.09. The van der Waals surface area contributed by atoms with Crippen molar-refractivity contribution in [3.63, 3.8) is 0 Å². The van der Waals surface area contributed by atoms with Crippen LogP contribution in [0.5, 0.6) is 5.75 Å². The Hall–Kier alpha value is -2.17. The van der Waals surface area contributed by atoms with Gasteiger partial charge in [-0.2, -0.15) is 0 Å². The molecule has 17 heavy (non-hydrogen) atoms. The Bertz CT molecular complexity index is 584. The molecule has 2 aromatic rings. The zero-order valence-corrected chi connectivity index (χ0v) is 9.24. The van der Waals surface area contributed by atoms with Gasteiger partial charge in [0.2, 0.25) is 0 Å². The molecule has 0 aliphatic heterocycles. The van der Waals surface area contributed by atoms with E-state index in [0.29, 0.717) is 5.52 Å². The third-order valence-corrected chi connectivity index (χ3v) is 2.37. The fourth-order valence-corrected chi connectivity index (χ4v) is 1.60. The van der Waals surface area contributed by atoms with Crippen LogP contribution in [0.4, 0.5) is 4.39 Å². The molecule has 2 N–H and O–H groups in total. The van der Waals surface area contributed by atoms with Gasteiger partial charge in [-0.3, -0.25) is 9.78 Å². The molecule has 1 aromatic carbocycles. The molecule has 0 saturated heterocycles. The molecule has 0 aliphatic rings. The molecule has 1 aromatic heterocycles. The van der Waals surface area contributed by atoms with Crippen LogP contribution in [0.1, 0.15) is 5.56 Å². The second-order valence-electron chi connectivity index (χ2n) is 3.65. The van der Waals surface area contributed by atoms with Crippen molar-refractivity contribution in [1.29, 1.82) is 0 Å². The summed E-state index contributed by atoms with van der Waals surface area (Å²) in [5.74, 6) is -0.767. The minimum atomic E-state index is -0.608. The number of hydrogen-bond acceptors (Lipinski definition) is 3. The number of aromatic nitrogens is 1. The van der Waals surface area contributed by atoms with Gasteiger partial charge in [-0.15, -0.1) is 0 Å². The molecule has 0 atom stereocenters. The Kier molecular flexibility index (Phi) is 2.91. The van der Waals surface area contributed by atoms with Gasteiger partial charge in [0.25, 0.3) is 5.91 Å². The van der Waals surface area contributed by atoms with Gasteiger partial charge in [-0.1, -0.05) is 6.07 Å². The summed E-state index contributed by atoms with van der Waals surface area (Å²) in [7, 11) is 0. The monoisotopic (exact) mass is 234 g/mol. The number of rotatable bonds is 3. The predicted octanol–water partition coefficient (Wildman–Crippen LogP) is 1.55. The highest BCUT2D eigenvalue weighted by Gasteiger charge is 2.11. The molecule has 0 spiro atoms. The summed E-state index contributed by atoms with van der Waals surface area (Å²) in [5, 5.41) is 0.272. The van der Waals surface area contributed by atoms with Gasteiger partial charge in [-0.25, -0.2) is 4.39 Å². The van der Waals surface area contributed by atoms with E-state index in [0.717, 1.165) is 5.56 Å². The number of fused-ring (bicyclic) bond motifs is 1. The molecule has 0 unspecified atom stereocenters. The second-order valence-corrected chi connectivity index (χ2v) is 3.65. The lowest BCUT2D eigenvalue weighted by Crippen LogP contribution is -2.20. The zero-order chi connectivity index (χ0) is 12.4. The first-order valence-electron chi connectivity index (χ1n) is 5.04. The van der Waals surface area contributed by atoms with E-state index in [1.807, 2.05) is 6.92 Å². The number of ether oxygens (including phenoxy) is 1. The number of aryl methyl sites for hydroxylation is 1. The molecule has 0 fully saturated rings. The highest BCUT2D eigenvalue weighted by Crippen LogP contribution is 2.28. The first kappa shape index (κ1) is 11.3. The SMILES string of the molecule is Cc1ccc(F)c2c(OCC(N)=O)ccnc12. The second kappa shape index (κ2) is 4.37. The molecule has 0 aliphatic carbocycles. The first-order chi connectivity index (χ1) is 8.09. The molecule has 5 heteroatoms. The smallest absolute Gasteiger partial charge is 0.255 e. The average molecular weight is 234 g/mol. The standard InChI is InChI=1S/C12H11FN2O2/c1-7-2-3-8(13)11-9(17-6-10(14)16)4-5-15-12(7)11/h2-5H,6H2,1H3,(H2,14,16). The summed E-state index contributed by atoms with van der Waals surface area (Å²) < 4.78 is 18.9. The van der Waals surface area contributed by atoms with E-state index in [2.05, 4.69) is 4.98 Å². The van der Waals surface area contributed by atoms with Gasteiger partial charge in [0.15, 0.2) is 6.61 Å². The Labute approximate surface area is 97.2 Å². The maximum Gasteiger partial charge on any atom is 0.255 e. The van der Waals surface area contributed by atoms with Crippen LogP contribution in [-0.2, 0) is 4.79 Å².